The molecular weight excluding hydrogens is 224 g/mol. The molecule has 0 bridgehead atoms. The zero-order valence-corrected chi connectivity index (χ0v) is 11.6. The highest BCUT2D eigenvalue weighted by Crippen LogP contribution is 2.15. The molecule has 0 radical (unpaired) electrons. The van der Waals surface area contributed by atoms with Gasteiger partial charge >= 0.3 is 0 Å². The Kier molecular flexibility index (Phi) is 5.89. The number of thiocarbonyl (C=S) groups is 1. The fourth-order valence-electron chi connectivity index (χ4n) is 1.26. The lowest BCUT2D eigenvalue weighted by Gasteiger charge is -2.30. The van der Waals surface area contributed by atoms with Crippen LogP contribution in [0.4, 0.5) is 0 Å². The maximum absolute atomic E-state index is 12.0. The normalized spacial score (nSPS) is 11.6. The number of hydrogen-bond acceptors (Lipinski definition) is 3. The third kappa shape index (κ3) is 5.42. The zero-order chi connectivity index (χ0) is 12.9. The van der Waals surface area contributed by atoms with Crippen LogP contribution in [0, 0.1) is 0 Å². The van der Waals surface area contributed by atoms with Crippen molar-refractivity contribution in [3.8, 4) is 0 Å². The summed E-state index contributed by atoms with van der Waals surface area (Å²) in [5.41, 5.74) is 5.01. The number of nitrogens with zero attached hydrogens (tertiary/aromatic N) is 1. The minimum atomic E-state index is -0.458. The Morgan fingerprint density at radius 3 is 2.31 bits per heavy atom. The van der Waals surface area contributed by atoms with Crippen molar-refractivity contribution < 1.29 is 9.53 Å². The standard InChI is InChI=1S/C11H22N2O2S/c1-8(2)13(7-9(12)16)10(14)6-11(3,4)15-5/h8H,6-7H2,1-5H3,(H2,12,16). The second-order valence-electron chi connectivity index (χ2n) is 4.72. The van der Waals surface area contributed by atoms with E-state index < -0.39 is 5.60 Å². The van der Waals surface area contributed by atoms with Gasteiger partial charge < -0.3 is 15.4 Å². The van der Waals surface area contributed by atoms with Gasteiger partial charge in [-0.15, -0.1) is 0 Å². The second-order valence-corrected chi connectivity index (χ2v) is 5.25. The average molecular weight is 246 g/mol. The predicted molar refractivity (Wildman–Crippen MR) is 69.3 cm³/mol. The van der Waals surface area contributed by atoms with Crippen LogP contribution in [0.25, 0.3) is 0 Å². The maximum atomic E-state index is 12.0. The van der Waals surface area contributed by atoms with Gasteiger partial charge in [-0.3, -0.25) is 4.79 Å². The van der Waals surface area contributed by atoms with Crippen LogP contribution >= 0.6 is 12.2 Å². The summed E-state index contributed by atoms with van der Waals surface area (Å²) in [4.78, 5) is 14.0. The molecule has 0 aliphatic heterocycles. The van der Waals surface area contributed by atoms with E-state index in [0.717, 1.165) is 0 Å². The third-order valence-electron chi connectivity index (χ3n) is 2.40. The molecule has 94 valence electrons. The van der Waals surface area contributed by atoms with Gasteiger partial charge in [-0.1, -0.05) is 12.2 Å². The summed E-state index contributed by atoms with van der Waals surface area (Å²) in [6, 6.07) is 0.0849. The van der Waals surface area contributed by atoms with Gasteiger partial charge in [0.05, 0.1) is 23.6 Å². The molecule has 0 saturated heterocycles. The van der Waals surface area contributed by atoms with E-state index >= 15 is 0 Å². The van der Waals surface area contributed by atoms with Crippen LogP contribution in [0.15, 0.2) is 0 Å². The van der Waals surface area contributed by atoms with E-state index in [1.165, 1.54) is 0 Å². The SMILES string of the molecule is COC(C)(C)CC(=O)N(CC(N)=S)C(C)C. The van der Waals surface area contributed by atoms with E-state index in [1.807, 2.05) is 27.7 Å². The van der Waals surface area contributed by atoms with E-state index in [4.69, 9.17) is 22.7 Å². The van der Waals surface area contributed by atoms with Crippen LogP contribution in [-0.2, 0) is 9.53 Å². The highest BCUT2D eigenvalue weighted by Gasteiger charge is 2.26. The summed E-state index contributed by atoms with van der Waals surface area (Å²) in [6.45, 7) is 7.96. The Labute approximate surface area is 103 Å². The molecule has 0 fully saturated rings. The lowest BCUT2D eigenvalue weighted by atomic mass is 10.0. The Hall–Kier alpha value is -0.680. The van der Waals surface area contributed by atoms with Crippen LogP contribution in [0.5, 0.6) is 0 Å². The number of carbonyl (C=O) groups is 1. The van der Waals surface area contributed by atoms with E-state index in [2.05, 4.69) is 0 Å². The molecule has 16 heavy (non-hydrogen) atoms. The van der Waals surface area contributed by atoms with Gasteiger partial charge in [0.1, 0.15) is 0 Å². The van der Waals surface area contributed by atoms with E-state index in [9.17, 15) is 4.79 Å². The lowest BCUT2D eigenvalue weighted by Crippen LogP contribution is -2.44. The molecule has 0 rings (SSSR count). The summed E-state index contributed by atoms with van der Waals surface area (Å²) in [5, 5.41) is 0. The second kappa shape index (κ2) is 6.15. The molecule has 0 spiro atoms. The highest BCUT2D eigenvalue weighted by molar-refractivity contribution is 7.80. The van der Waals surface area contributed by atoms with Crippen LogP contribution in [0.1, 0.15) is 34.1 Å². The maximum Gasteiger partial charge on any atom is 0.226 e. The Morgan fingerprint density at radius 1 is 1.50 bits per heavy atom. The van der Waals surface area contributed by atoms with Gasteiger partial charge in [-0.2, -0.15) is 0 Å². The Balaban J connectivity index is 4.57. The first kappa shape index (κ1) is 15.3. The summed E-state index contributed by atoms with van der Waals surface area (Å²) in [6.07, 6.45) is 0.324. The Bertz CT molecular complexity index is 265. The van der Waals surface area contributed by atoms with Crippen molar-refractivity contribution in [2.45, 2.75) is 45.8 Å². The highest BCUT2D eigenvalue weighted by atomic mass is 32.1. The molecule has 5 heteroatoms. The number of carbonyl (C=O) groups excluding carboxylic acids is 1. The molecule has 0 unspecified atom stereocenters. The minimum absolute atomic E-state index is 0.00894. The number of rotatable bonds is 6. The third-order valence-corrected chi connectivity index (χ3v) is 2.53. The molecule has 2 N–H and O–H groups in total. The zero-order valence-electron chi connectivity index (χ0n) is 10.7. The van der Waals surface area contributed by atoms with Crippen LogP contribution < -0.4 is 5.73 Å². The van der Waals surface area contributed by atoms with Gasteiger partial charge in [-0.05, 0) is 27.7 Å². The van der Waals surface area contributed by atoms with Crippen molar-refractivity contribution in [2.24, 2.45) is 5.73 Å². The predicted octanol–water partition coefficient (Wildman–Crippen LogP) is 1.32. The summed E-state index contributed by atoms with van der Waals surface area (Å²) >= 11 is 4.83. The first-order valence-electron chi connectivity index (χ1n) is 5.32. The number of methoxy groups -OCH3 is 1. The number of hydrogen-bond donors (Lipinski definition) is 1. The first-order chi connectivity index (χ1) is 7.19. The largest absolute Gasteiger partial charge is 0.392 e. The fraction of sp³-hybridized carbons (Fsp3) is 0.818. The molecule has 0 atom stereocenters. The molecule has 0 heterocycles. The molecule has 0 aromatic carbocycles. The monoisotopic (exact) mass is 246 g/mol. The van der Waals surface area contributed by atoms with Crippen molar-refractivity contribution in [1.29, 1.82) is 0 Å². The lowest BCUT2D eigenvalue weighted by molar-refractivity contribution is -0.137. The van der Waals surface area contributed by atoms with E-state index in [0.29, 0.717) is 18.0 Å². The number of ether oxygens (including phenoxy) is 1. The topological polar surface area (TPSA) is 55.6 Å². The smallest absolute Gasteiger partial charge is 0.226 e. The van der Waals surface area contributed by atoms with Gasteiger partial charge in [0.2, 0.25) is 5.91 Å². The van der Waals surface area contributed by atoms with Crippen molar-refractivity contribution in [3.05, 3.63) is 0 Å². The molecular formula is C11H22N2O2S. The summed E-state index contributed by atoms with van der Waals surface area (Å²) in [5.74, 6) is 0.00894. The van der Waals surface area contributed by atoms with E-state index in [-0.39, 0.29) is 11.9 Å². The number of amides is 1. The first-order valence-corrected chi connectivity index (χ1v) is 5.73. The molecule has 0 aliphatic carbocycles. The van der Waals surface area contributed by atoms with Crippen molar-refractivity contribution >= 4 is 23.1 Å². The van der Waals surface area contributed by atoms with Gasteiger partial charge in [-0.25, -0.2) is 0 Å². The number of nitrogens with two attached hydrogens (primary N) is 1. The van der Waals surface area contributed by atoms with Gasteiger partial charge in [0.25, 0.3) is 0 Å². The molecule has 0 aliphatic rings. The molecule has 1 amide bonds. The van der Waals surface area contributed by atoms with Crippen LogP contribution in [-0.4, -0.2) is 41.1 Å². The fourth-order valence-corrected chi connectivity index (χ4v) is 1.40. The van der Waals surface area contributed by atoms with Crippen molar-refractivity contribution in [1.82, 2.24) is 4.90 Å². The molecule has 0 aromatic rings. The van der Waals surface area contributed by atoms with Gasteiger partial charge in [0.15, 0.2) is 0 Å². The average Bonchev–Trinajstić information content (AvgIpc) is 2.12. The molecule has 0 aromatic heterocycles. The molecule has 0 saturated carbocycles. The quantitative estimate of drug-likeness (QED) is 0.718. The van der Waals surface area contributed by atoms with Crippen LogP contribution in [0.2, 0.25) is 0 Å². The Morgan fingerprint density at radius 2 is 2.00 bits per heavy atom. The summed E-state index contributed by atoms with van der Waals surface area (Å²) in [7, 11) is 1.60. The minimum Gasteiger partial charge on any atom is -0.392 e. The summed E-state index contributed by atoms with van der Waals surface area (Å²) < 4.78 is 5.23. The molecule has 4 nitrogen and oxygen atoms in total. The van der Waals surface area contributed by atoms with E-state index in [1.54, 1.807) is 12.0 Å². The van der Waals surface area contributed by atoms with Gasteiger partial charge in [0, 0.05) is 13.2 Å². The van der Waals surface area contributed by atoms with Crippen LogP contribution in [0.3, 0.4) is 0 Å². The van der Waals surface area contributed by atoms with Crippen molar-refractivity contribution in [2.75, 3.05) is 13.7 Å². The van der Waals surface area contributed by atoms with Crippen molar-refractivity contribution in [3.63, 3.8) is 0 Å².